The van der Waals surface area contributed by atoms with Crippen LogP contribution in [0.3, 0.4) is 0 Å². The SMILES string of the molecule is CC=N/C(=C\C)c1ccc(CN)cc1. The third-order valence-corrected chi connectivity index (χ3v) is 2.03. The van der Waals surface area contributed by atoms with Crippen molar-refractivity contribution in [1.82, 2.24) is 0 Å². The van der Waals surface area contributed by atoms with E-state index in [9.17, 15) is 0 Å². The van der Waals surface area contributed by atoms with Crippen LogP contribution in [-0.2, 0) is 6.54 Å². The molecule has 14 heavy (non-hydrogen) atoms. The minimum Gasteiger partial charge on any atom is -0.326 e. The molecule has 0 spiro atoms. The van der Waals surface area contributed by atoms with Crippen molar-refractivity contribution in [2.45, 2.75) is 20.4 Å². The van der Waals surface area contributed by atoms with Crippen LogP contribution >= 0.6 is 0 Å². The Kier molecular flexibility index (Phi) is 4.08. The zero-order valence-electron chi connectivity index (χ0n) is 8.70. The van der Waals surface area contributed by atoms with Crippen LogP contribution in [-0.4, -0.2) is 6.21 Å². The third-order valence-electron chi connectivity index (χ3n) is 2.03. The molecule has 2 heteroatoms. The zero-order valence-corrected chi connectivity index (χ0v) is 8.70. The highest BCUT2D eigenvalue weighted by molar-refractivity contribution is 5.72. The maximum Gasteiger partial charge on any atom is 0.0655 e. The number of rotatable bonds is 3. The third kappa shape index (κ3) is 2.54. The fraction of sp³-hybridized carbons (Fsp3) is 0.250. The summed E-state index contributed by atoms with van der Waals surface area (Å²) in [4.78, 5) is 4.27. The molecule has 0 aliphatic rings. The van der Waals surface area contributed by atoms with Crippen molar-refractivity contribution < 1.29 is 0 Å². The number of nitrogens with zero attached hydrogens (tertiary/aromatic N) is 1. The van der Waals surface area contributed by atoms with Gasteiger partial charge in [0, 0.05) is 12.8 Å². The minimum absolute atomic E-state index is 0.586. The molecular weight excluding hydrogens is 172 g/mol. The summed E-state index contributed by atoms with van der Waals surface area (Å²) in [6.45, 7) is 4.49. The summed E-state index contributed by atoms with van der Waals surface area (Å²) >= 11 is 0. The van der Waals surface area contributed by atoms with E-state index >= 15 is 0 Å². The van der Waals surface area contributed by atoms with Crippen molar-refractivity contribution in [3.05, 3.63) is 41.5 Å². The molecule has 0 unspecified atom stereocenters. The summed E-state index contributed by atoms with van der Waals surface area (Å²) in [6, 6.07) is 8.16. The number of nitrogens with two attached hydrogens (primary N) is 1. The molecule has 1 aromatic carbocycles. The Hall–Kier alpha value is -1.41. The van der Waals surface area contributed by atoms with Gasteiger partial charge in [-0.25, -0.2) is 0 Å². The maximum atomic E-state index is 5.52. The molecule has 2 N–H and O–H groups in total. The molecule has 0 atom stereocenters. The highest BCUT2D eigenvalue weighted by Crippen LogP contribution is 2.15. The van der Waals surface area contributed by atoms with Crippen molar-refractivity contribution in [2.75, 3.05) is 0 Å². The number of allylic oxidation sites excluding steroid dienone is 1. The molecule has 74 valence electrons. The lowest BCUT2D eigenvalue weighted by Crippen LogP contribution is -1.95. The smallest absolute Gasteiger partial charge is 0.0655 e. The molecule has 0 saturated heterocycles. The predicted octanol–water partition coefficient (Wildman–Crippen LogP) is 2.60. The van der Waals surface area contributed by atoms with Gasteiger partial charge >= 0.3 is 0 Å². The molecule has 0 heterocycles. The standard InChI is InChI=1S/C12H16N2/c1-3-12(14-4-2)11-7-5-10(9-13)6-8-11/h3-8H,9,13H2,1-2H3/b12-3-,14-4?. The first-order valence-electron chi connectivity index (χ1n) is 4.76. The van der Waals surface area contributed by atoms with Gasteiger partial charge in [0.1, 0.15) is 0 Å². The topological polar surface area (TPSA) is 38.4 Å². The van der Waals surface area contributed by atoms with E-state index in [0.29, 0.717) is 6.54 Å². The van der Waals surface area contributed by atoms with Gasteiger partial charge in [0.15, 0.2) is 0 Å². The van der Waals surface area contributed by atoms with E-state index < -0.39 is 0 Å². The molecule has 0 aliphatic heterocycles. The van der Waals surface area contributed by atoms with Crippen LogP contribution < -0.4 is 5.73 Å². The first kappa shape index (κ1) is 10.7. The summed E-state index contributed by atoms with van der Waals surface area (Å²) in [5.41, 5.74) is 8.79. The highest BCUT2D eigenvalue weighted by Gasteiger charge is 1.97. The first-order valence-corrected chi connectivity index (χ1v) is 4.76. The van der Waals surface area contributed by atoms with Crippen LogP contribution in [0.5, 0.6) is 0 Å². The van der Waals surface area contributed by atoms with Gasteiger partial charge in [-0.2, -0.15) is 0 Å². The van der Waals surface area contributed by atoms with Crippen molar-refractivity contribution in [1.29, 1.82) is 0 Å². The number of benzene rings is 1. The Balaban J connectivity index is 2.96. The van der Waals surface area contributed by atoms with Crippen LogP contribution in [0.4, 0.5) is 0 Å². The summed E-state index contributed by atoms with van der Waals surface area (Å²) in [7, 11) is 0. The second-order valence-electron chi connectivity index (χ2n) is 2.96. The normalized spacial score (nSPS) is 12.4. The van der Waals surface area contributed by atoms with Crippen LogP contribution in [0.25, 0.3) is 5.70 Å². The van der Waals surface area contributed by atoms with Crippen molar-refractivity contribution >= 4 is 11.9 Å². The quantitative estimate of drug-likeness (QED) is 0.727. The first-order chi connectivity index (χ1) is 6.81. The van der Waals surface area contributed by atoms with E-state index in [1.54, 1.807) is 6.21 Å². The molecular formula is C12H16N2. The molecule has 0 bridgehead atoms. The average Bonchev–Trinajstić information content (AvgIpc) is 2.26. The molecule has 0 radical (unpaired) electrons. The van der Waals surface area contributed by atoms with Crippen LogP contribution in [0.1, 0.15) is 25.0 Å². The molecule has 0 amide bonds. The monoisotopic (exact) mass is 188 g/mol. The average molecular weight is 188 g/mol. The largest absolute Gasteiger partial charge is 0.326 e. The lowest BCUT2D eigenvalue weighted by molar-refractivity contribution is 1.07. The number of hydrogen-bond donors (Lipinski definition) is 1. The van der Waals surface area contributed by atoms with Crippen LogP contribution in [0, 0.1) is 0 Å². The van der Waals surface area contributed by atoms with Crippen LogP contribution in [0.15, 0.2) is 35.3 Å². The summed E-state index contributed by atoms with van der Waals surface area (Å²) in [6.07, 6.45) is 3.80. The molecule has 0 saturated carbocycles. The van der Waals surface area contributed by atoms with E-state index in [0.717, 1.165) is 16.8 Å². The van der Waals surface area contributed by atoms with Gasteiger partial charge < -0.3 is 5.73 Å². The van der Waals surface area contributed by atoms with Crippen molar-refractivity contribution in [2.24, 2.45) is 10.7 Å². The van der Waals surface area contributed by atoms with Crippen LogP contribution in [0.2, 0.25) is 0 Å². The molecule has 0 aliphatic carbocycles. The second-order valence-corrected chi connectivity index (χ2v) is 2.96. The van der Waals surface area contributed by atoms with Crippen molar-refractivity contribution in [3.63, 3.8) is 0 Å². The number of aliphatic imine (C=N–C) groups is 1. The Morgan fingerprint density at radius 1 is 1.29 bits per heavy atom. The summed E-state index contributed by atoms with van der Waals surface area (Å²) in [5, 5.41) is 0. The lowest BCUT2D eigenvalue weighted by Gasteiger charge is -2.02. The Bertz CT molecular complexity index is 334. The van der Waals surface area contributed by atoms with Crippen molar-refractivity contribution in [3.8, 4) is 0 Å². The fourth-order valence-corrected chi connectivity index (χ4v) is 1.27. The Morgan fingerprint density at radius 2 is 1.93 bits per heavy atom. The van der Waals surface area contributed by atoms with Gasteiger partial charge in [-0.15, -0.1) is 0 Å². The van der Waals surface area contributed by atoms with Gasteiger partial charge in [0.05, 0.1) is 5.70 Å². The maximum absolute atomic E-state index is 5.52. The zero-order chi connectivity index (χ0) is 10.4. The lowest BCUT2D eigenvalue weighted by atomic mass is 10.1. The molecule has 2 nitrogen and oxygen atoms in total. The van der Waals surface area contributed by atoms with E-state index in [-0.39, 0.29) is 0 Å². The summed E-state index contributed by atoms with van der Waals surface area (Å²) < 4.78 is 0. The molecule has 1 rings (SSSR count). The number of hydrogen-bond acceptors (Lipinski definition) is 2. The van der Waals surface area contributed by atoms with E-state index in [1.807, 2.05) is 44.2 Å². The predicted molar refractivity (Wildman–Crippen MR) is 62.2 cm³/mol. The van der Waals surface area contributed by atoms with Gasteiger partial charge in [-0.1, -0.05) is 30.3 Å². The van der Waals surface area contributed by atoms with Gasteiger partial charge in [-0.3, -0.25) is 4.99 Å². The van der Waals surface area contributed by atoms with Gasteiger partial charge in [0.25, 0.3) is 0 Å². The highest BCUT2D eigenvalue weighted by atomic mass is 14.7. The van der Waals surface area contributed by atoms with E-state index in [4.69, 9.17) is 5.73 Å². The molecule has 1 aromatic rings. The van der Waals surface area contributed by atoms with Gasteiger partial charge in [0.2, 0.25) is 0 Å². The summed E-state index contributed by atoms with van der Waals surface area (Å²) in [5.74, 6) is 0. The second kappa shape index (κ2) is 5.35. The van der Waals surface area contributed by atoms with Gasteiger partial charge in [-0.05, 0) is 25.0 Å². The van der Waals surface area contributed by atoms with E-state index in [1.165, 1.54) is 0 Å². The minimum atomic E-state index is 0.586. The Labute approximate surface area is 85.2 Å². The van der Waals surface area contributed by atoms with E-state index in [2.05, 4.69) is 4.99 Å². The fourth-order valence-electron chi connectivity index (χ4n) is 1.27. The molecule has 0 fully saturated rings. The molecule has 0 aromatic heterocycles. The Morgan fingerprint density at radius 3 is 2.36 bits per heavy atom.